The molecule has 0 unspecified atom stereocenters. The van der Waals surface area contributed by atoms with Crippen LogP contribution in [0.4, 0.5) is 0 Å². The molecular weight excluding hydrogens is 234 g/mol. The largest absolute Gasteiger partial charge is 0.496 e. The van der Waals surface area contributed by atoms with Crippen LogP contribution >= 0.6 is 0 Å². The van der Waals surface area contributed by atoms with Crippen LogP contribution in [0.1, 0.15) is 16.7 Å². The number of nitrogens with one attached hydrogen (secondary N) is 1. The molecule has 0 bridgehead atoms. The van der Waals surface area contributed by atoms with Crippen LogP contribution in [-0.4, -0.2) is 26.1 Å². The SMILES string of the molecule is COC(=O)C(=O)NCc1cc(C)c(OC)c(C)c1. The van der Waals surface area contributed by atoms with Gasteiger partial charge < -0.3 is 14.8 Å². The van der Waals surface area contributed by atoms with Crippen molar-refractivity contribution in [1.29, 1.82) is 0 Å². The topological polar surface area (TPSA) is 64.6 Å². The number of aryl methyl sites for hydroxylation is 2. The van der Waals surface area contributed by atoms with E-state index in [1.165, 1.54) is 7.11 Å². The molecule has 98 valence electrons. The summed E-state index contributed by atoms with van der Waals surface area (Å²) in [5.41, 5.74) is 2.88. The normalized spacial score (nSPS) is 9.78. The van der Waals surface area contributed by atoms with Gasteiger partial charge in [0.15, 0.2) is 0 Å². The number of carbonyl (C=O) groups excluding carboxylic acids is 2. The Morgan fingerprint density at radius 2 is 1.72 bits per heavy atom. The van der Waals surface area contributed by atoms with Crippen LogP contribution in [0.15, 0.2) is 12.1 Å². The Morgan fingerprint density at radius 3 is 2.17 bits per heavy atom. The predicted octanol–water partition coefficient (Wildman–Crippen LogP) is 1.10. The highest BCUT2D eigenvalue weighted by Crippen LogP contribution is 2.24. The van der Waals surface area contributed by atoms with Crippen molar-refractivity contribution >= 4 is 11.9 Å². The van der Waals surface area contributed by atoms with Gasteiger partial charge in [-0.25, -0.2) is 4.79 Å². The van der Waals surface area contributed by atoms with Gasteiger partial charge in [0.05, 0.1) is 14.2 Å². The molecule has 5 nitrogen and oxygen atoms in total. The van der Waals surface area contributed by atoms with Gasteiger partial charge in [0.2, 0.25) is 0 Å². The Bertz CT molecular complexity index is 445. The van der Waals surface area contributed by atoms with Crippen molar-refractivity contribution in [1.82, 2.24) is 5.32 Å². The lowest BCUT2D eigenvalue weighted by Gasteiger charge is -2.11. The lowest BCUT2D eigenvalue weighted by Crippen LogP contribution is -2.31. The van der Waals surface area contributed by atoms with Crippen molar-refractivity contribution in [2.24, 2.45) is 0 Å². The van der Waals surface area contributed by atoms with Crippen LogP contribution in [0, 0.1) is 13.8 Å². The molecule has 18 heavy (non-hydrogen) atoms. The number of rotatable bonds is 3. The van der Waals surface area contributed by atoms with Gasteiger partial charge in [0.1, 0.15) is 5.75 Å². The standard InChI is InChI=1S/C13H17NO4/c1-8-5-10(6-9(2)11(8)17-3)7-14-12(15)13(16)18-4/h5-6H,7H2,1-4H3,(H,14,15). The van der Waals surface area contributed by atoms with E-state index in [0.717, 1.165) is 22.4 Å². The first-order valence-electron chi connectivity index (χ1n) is 5.49. The highest BCUT2D eigenvalue weighted by molar-refractivity contribution is 6.32. The summed E-state index contributed by atoms with van der Waals surface area (Å²) in [6, 6.07) is 3.81. The highest BCUT2D eigenvalue weighted by atomic mass is 16.5. The molecule has 0 atom stereocenters. The van der Waals surface area contributed by atoms with Gasteiger partial charge >= 0.3 is 11.9 Å². The molecule has 0 saturated carbocycles. The Hall–Kier alpha value is -2.04. The number of ether oxygens (including phenoxy) is 2. The Balaban J connectivity index is 2.75. The lowest BCUT2D eigenvalue weighted by atomic mass is 10.1. The Labute approximate surface area is 106 Å². The summed E-state index contributed by atoms with van der Waals surface area (Å²) in [4.78, 5) is 22.1. The number of benzene rings is 1. The number of amides is 1. The second kappa shape index (κ2) is 6.05. The fraction of sp³-hybridized carbons (Fsp3) is 0.385. The molecule has 0 saturated heterocycles. The summed E-state index contributed by atoms with van der Waals surface area (Å²) in [6.07, 6.45) is 0. The minimum Gasteiger partial charge on any atom is -0.496 e. The third-order valence-electron chi connectivity index (χ3n) is 2.55. The molecule has 0 radical (unpaired) electrons. The van der Waals surface area contributed by atoms with E-state index in [-0.39, 0.29) is 6.54 Å². The lowest BCUT2D eigenvalue weighted by molar-refractivity contribution is -0.152. The zero-order valence-electron chi connectivity index (χ0n) is 11.0. The van der Waals surface area contributed by atoms with E-state index in [1.807, 2.05) is 26.0 Å². The number of carbonyl (C=O) groups is 2. The van der Waals surface area contributed by atoms with Crippen LogP contribution in [0.5, 0.6) is 5.75 Å². The Kier molecular flexibility index (Phi) is 4.71. The van der Waals surface area contributed by atoms with Gasteiger partial charge in [0, 0.05) is 6.54 Å². The van der Waals surface area contributed by atoms with Crippen molar-refractivity contribution in [2.45, 2.75) is 20.4 Å². The molecule has 1 aromatic carbocycles. The average Bonchev–Trinajstić information content (AvgIpc) is 2.34. The summed E-state index contributed by atoms with van der Waals surface area (Å²) >= 11 is 0. The molecule has 0 aliphatic rings. The quantitative estimate of drug-likeness (QED) is 0.645. The van der Waals surface area contributed by atoms with E-state index >= 15 is 0 Å². The summed E-state index contributed by atoms with van der Waals surface area (Å²) in [5, 5.41) is 2.49. The molecule has 0 fully saturated rings. The maximum Gasteiger partial charge on any atom is 0.396 e. The summed E-state index contributed by atoms with van der Waals surface area (Å²) in [7, 11) is 2.79. The molecule has 0 aliphatic heterocycles. The second-order valence-electron chi connectivity index (χ2n) is 3.94. The highest BCUT2D eigenvalue weighted by Gasteiger charge is 2.13. The van der Waals surface area contributed by atoms with Gasteiger partial charge in [-0.15, -0.1) is 0 Å². The van der Waals surface area contributed by atoms with E-state index in [4.69, 9.17) is 4.74 Å². The molecular formula is C13H17NO4. The maximum atomic E-state index is 11.2. The zero-order valence-corrected chi connectivity index (χ0v) is 11.0. The number of methoxy groups -OCH3 is 2. The van der Waals surface area contributed by atoms with Crippen molar-refractivity contribution in [3.05, 3.63) is 28.8 Å². The third kappa shape index (κ3) is 3.23. The van der Waals surface area contributed by atoms with Crippen LogP contribution in [0.3, 0.4) is 0 Å². The van der Waals surface area contributed by atoms with Crippen LogP contribution in [-0.2, 0) is 20.9 Å². The van der Waals surface area contributed by atoms with E-state index < -0.39 is 11.9 Å². The first-order valence-corrected chi connectivity index (χ1v) is 5.49. The Morgan fingerprint density at radius 1 is 1.17 bits per heavy atom. The fourth-order valence-electron chi connectivity index (χ4n) is 1.81. The first-order chi connectivity index (χ1) is 8.49. The molecule has 0 aromatic heterocycles. The molecule has 5 heteroatoms. The average molecular weight is 251 g/mol. The molecule has 1 amide bonds. The molecule has 1 N–H and O–H groups in total. The summed E-state index contributed by atoms with van der Waals surface area (Å²) in [5.74, 6) is -0.807. The predicted molar refractivity (Wildman–Crippen MR) is 66.3 cm³/mol. The van der Waals surface area contributed by atoms with Crippen molar-refractivity contribution in [3.8, 4) is 5.75 Å². The van der Waals surface area contributed by atoms with Gasteiger partial charge in [-0.2, -0.15) is 0 Å². The van der Waals surface area contributed by atoms with Crippen LogP contribution in [0.25, 0.3) is 0 Å². The fourth-order valence-corrected chi connectivity index (χ4v) is 1.81. The van der Waals surface area contributed by atoms with Gasteiger partial charge in [-0.05, 0) is 30.5 Å². The first kappa shape index (κ1) is 14.0. The molecule has 1 aromatic rings. The minimum atomic E-state index is -0.892. The number of hydrogen-bond acceptors (Lipinski definition) is 4. The second-order valence-corrected chi connectivity index (χ2v) is 3.94. The smallest absolute Gasteiger partial charge is 0.396 e. The molecule has 0 spiro atoms. The van der Waals surface area contributed by atoms with Gasteiger partial charge in [0.25, 0.3) is 0 Å². The summed E-state index contributed by atoms with van der Waals surface area (Å²) < 4.78 is 9.56. The maximum absolute atomic E-state index is 11.2. The number of esters is 1. The summed E-state index contributed by atoms with van der Waals surface area (Å²) in [6.45, 7) is 4.13. The third-order valence-corrected chi connectivity index (χ3v) is 2.55. The number of hydrogen-bond donors (Lipinski definition) is 1. The van der Waals surface area contributed by atoms with E-state index in [2.05, 4.69) is 10.1 Å². The van der Waals surface area contributed by atoms with Crippen molar-refractivity contribution in [3.63, 3.8) is 0 Å². The minimum absolute atomic E-state index is 0.277. The van der Waals surface area contributed by atoms with Crippen molar-refractivity contribution in [2.75, 3.05) is 14.2 Å². The van der Waals surface area contributed by atoms with E-state index in [0.29, 0.717) is 0 Å². The van der Waals surface area contributed by atoms with Gasteiger partial charge in [-0.3, -0.25) is 4.79 Å². The van der Waals surface area contributed by atoms with Crippen LogP contribution < -0.4 is 10.1 Å². The van der Waals surface area contributed by atoms with E-state index in [9.17, 15) is 9.59 Å². The monoisotopic (exact) mass is 251 g/mol. The van der Waals surface area contributed by atoms with Gasteiger partial charge in [-0.1, -0.05) is 12.1 Å². The zero-order chi connectivity index (χ0) is 13.7. The van der Waals surface area contributed by atoms with E-state index in [1.54, 1.807) is 7.11 Å². The molecule has 0 heterocycles. The van der Waals surface area contributed by atoms with Crippen LogP contribution in [0.2, 0.25) is 0 Å². The molecule has 0 aliphatic carbocycles. The van der Waals surface area contributed by atoms with Crippen molar-refractivity contribution < 1.29 is 19.1 Å². The molecule has 1 rings (SSSR count).